The van der Waals surface area contributed by atoms with Gasteiger partial charge in [-0.15, -0.1) is 0 Å². The van der Waals surface area contributed by atoms with Crippen LogP contribution in [0.15, 0.2) is 0 Å². The average Bonchev–Trinajstić information content (AvgIpc) is 2.29. The summed E-state index contributed by atoms with van der Waals surface area (Å²) < 4.78 is 21.4. The minimum absolute atomic E-state index is 0.175. The monoisotopic (exact) mass is 284 g/mol. The molecule has 1 atom stereocenters. The van der Waals surface area contributed by atoms with Gasteiger partial charge in [0.2, 0.25) is 0 Å². The van der Waals surface area contributed by atoms with E-state index in [1.165, 1.54) is 6.92 Å². The Morgan fingerprint density at radius 2 is 1.44 bits per heavy atom. The first-order valence-electron chi connectivity index (χ1n) is 5.58. The van der Waals surface area contributed by atoms with Crippen LogP contribution in [0.2, 0.25) is 0 Å². The molecule has 0 rings (SSSR count). The Morgan fingerprint density at radius 1 is 1.11 bits per heavy atom. The third kappa shape index (κ3) is 8.22. The minimum Gasteiger partial charge on any atom is -0.481 e. The maximum atomic E-state index is 11.7. The lowest BCUT2D eigenvalue weighted by Crippen LogP contribution is -2.19. The average molecular weight is 284 g/mol. The second-order valence-electron chi connectivity index (χ2n) is 3.14. The fraction of sp³-hybridized carbons (Fsp3) is 0.800. The number of hydrogen-bond acceptors (Lipinski definition) is 5. The van der Waals surface area contributed by atoms with Gasteiger partial charge in [0.15, 0.2) is 5.66 Å². The molecule has 0 aromatic rings. The number of carboxylic acids is 2. The van der Waals surface area contributed by atoms with Crippen LogP contribution in [-0.4, -0.2) is 41.0 Å². The van der Waals surface area contributed by atoms with Gasteiger partial charge in [0.25, 0.3) is 0 Å². The van der Waals surface area contributed by atoms with Crippen LogP contribution < -0.4 is 0 Å². The van der Waals surface area contributed by atoms with E-state index in [1.807, 2.05) is 0 Å². The maximum Gasteiger partial charge on any atom is 0.344 e. The molecule has 8 heteroatoms. The van der Waals surface area contributed by atoms with Crippen molar-refractivity contribution in [3.8, 4) is 0 Å². The SMILES string of the molecule is CCC(=O)O.CCOP(=O)(OCC)C(C)C(=O)O. The predicted molar refractivity (Wildman–Crippen MR) is 65.9 cm³/mol. The van der Waals surface area contributed by atoms with Crippen LogP contribution in [-0.2, 0) is 23.2 Å². The zero-order valence-corrected chi connectivity index (χ0v) is 12.0. The molecule has 0 aliphatic rings. The van der Waals surface area contributed by atoms with Crippen molar-refractivity contribution in [2.45, 2.75) is 39.8 Å². The Morgan fingerprint density at radius 3 is 1.61 bits per heavy atom. The summed E-state index contributed by atoms with van der Waals surface area (Å²) in [5, 5.41) is 16.4. The first-order chi connectivity index (χ1) is 8.25. The molecule has 0 aromatic heterocycles. The van der Waals surface area contributed by atoms with Gasteiger partial charge >= 0.3 is 19.5 Å². The highest BCUT2D eigenvalue weighted by molar-refractivity contribution is 7.55. The number of hydrogen-bond donors (Lipinski definition) is 2. The fourth-order valence-electron chi connectivity index (χ4n) is 0.756. The van der Waals surface area contributed by atoms with Gasteiger partial charge in [0.05, 0.1) is 13.2 Å². The van der Waals surface area contributed by atoms with Crippen molar-refractivity contribution in [1.29, 1.82) is 0 Å². The molecule has 0 heterocycles. The zero-order chi connectivity index (χ0) is 14.8. The van der Waals surface area contributed by atoms with Crippen molar-refractivity contribution < 1.29 is 33.4 Å². The van der Waals surface area contributed by atoms with Crippen molar-refractivity contribution in [2.75, 3.05) is 13.2 Å². The highest BCUT2D eigenvalue weighted by Crippen LogP contribution is 2.52. The molecule has 0 saturated carbocycles. The Labute approximate surface area is 107 Å². The van der Waals surface area contributed by atoms with Crippen molar-refractivity contribution in [1.82, 2.24) is 0 Å². The summed E-state index contributed by atoms with van der Waals surface area (Å²) in [6, 6.07) is 0. The maximum absolute atomic E-state index is 11.7. The largest absolute Gasteiger partial charge is 0.481 e. The summed E-state index contributed by atoms with van der Waals surface area (Å²) >= 11 is 0. The summed E-state index contributed by atoms with van der Waals surface area (Å²) in [4.78, 5) is 19.9. The molecule has 0 amide bonds. The van der Waals surface area contributed by atoms with E-state index in [1.54, 1.807) is 20.8 Å². The molecule has 0 radical (unpaired) electrons. The molecule has 0 saturated heterocycles. The zero-order valence-electron chi connectivity index (χ0n) is 11.1. The third-order valence-corrected chi connectivity index (χ3v) is 4.16. The lowest BCUT2D eigenvalue weighted by Gasteiger charge is -2.19. The van der Waals surface area contributed by atoms with Crippen LogP contribution in [0.25, 0.3) is 0 Å². The fourth-order valence-corrected chi connectivity index (χ4v) is 2.27. The first-order valence-corrected chi connectivity index (χ1v) is 7.19. The lowest BCUT2D eigenvalue weighted by atomic mass is 10.5. The molecule has 18 heavy (non-hydrogen) atoms. The standard InChI is InChI=1S/C7H15O5P.C3H6O2/c1-4-11-13(10,12-5-2)6(3)7(8)9;1-2-3(4)5/h6H,4-5H2,1-3H3,(H,8,9);2H2,1H3,(H,4,5). The molecule has 0 aromatic carbocycles. The normalized spacial score (nSPS) is 12.2. The van der Waals surface area contributed by atoms with E-state index >= 15 is 0 Å². The molecule has 0 spiro atoms. The molecule has 0 aliphatic heterocycles. The summed E-state index contributed by atoms with van der Waals surface area (Å²) in [6.07, 6.45) is 0.222. The Hall–Kier alpha value is -0.910. The van der Waals surface area contributed by atoms with Crippen LogP contribution in [0, 0.1) is 0 Å². The van der Waals surface area contributed by atoms with Crippen molar-refractivity contribution in [3.63, 3.8) is 0 Å². The van der Waals surface area contributed by atoms with Gasteiger partial charge in [-0.1, -0.05) is 6.92 Å². The smallest absolute Gasteiger partial charge is 0.344 e. The molecule has 1 unspecified atom stereocenters. The van der Waals surface area contributed by atoms with Gasteiger partial charge in [-0.25, -0.2) is 0 Å². The number of rotatable bonds is 7. The highest BCUT2D eigenvalue weighted by atomic mass is 31.2. The van der Waals surface area contributed by atoms with Gasteiger partial charge in [-0.05, 0) is 20.8 Å². The summed E-state index contributed by atoms with van der Waals surface area (Å²) in [6.45, 7) is 6.54. The highest BCUT2D eigenvalue weighted by Gasteiger charge is 2.37. The molecule has 2 N–H and O–H groups in total. The van der Waals surface area contributed by atoms with Crippen LogP contribution in [0.4, 0.5) is 0 Å². The van der Waals surface area contributed by atoms with Crippen molar-refractivity contribution in [3.05, 3.63) is 0 Å². The predicted octanol–water partition coefficient (Wildman–Crippen LogP) is 2.21. The van der Waals surface area contributed by atoms with Gasteiger partial charge in [-0.2, -0.15) is 0 Å². The van der Waals surface area contributed by atoms with Crippen molar-refractivity contribution >= 4 is 19.5 Å². The van der Waals surface area contributed by atoms with E-state index in [-0.39, 0.29) is 19.6 Å². The summed E-state index contributed by atoms with van der Waals surface area (Å²) in [7, 11) is -3.47. The van der Waals surface area contributed by atoms with Gasteiger partial charge in [0, 0.05) is 6.42 Å². The van der Waals surface area contributed by atoms with Crippen LogP contribution in [0.3, 0.4) is 0 Å². The van der Waals surface area contributed by atoms with Crippen LogP contribution in [0.1, 0.15) is 34.1 Å². The Bertz CT molecular complexity index is 293. The number of carbonyl (C=O) groups is 2. The van der Waals surface area contributed by atoms with E-state index in [4.69, 9.17) is 19.3 Å². The van der Waals surface area contributed by atoms with Crippen LogP contribution >= 0.6 is 7.60 Å². The van der Waals surface area contributed by atoms with E-state index in [9.17, 15) is 14.2 Å². The lowest BCUT2D eigenvalue weighted by molar-refractivity contribution is -0.137. The summed E-state index contributed by atoms with van der Waals surface area (Å²) in [5.41, 5.74) is -1.12. The number of aliphatic carboxylic acids is 2. The molecular formula is C10H21O7P. The van der Waals surface area contributed by atoms with Gasteiger partial charge < -0.3 is 19.3 Å². The second kappa shape index (κ2) is 10.1. The van der Waals surface area contributed by atoms with Crippen LogP contribution in [0.5, 0.6) is 0 Å². The first kappa shape index (κ1) is 19.4. The van der Waals surface area contributed by atoms with Crippen molar-refractivity contribution in [2.24, 2.45) is 0 Å². The molecular weight excluding hydrogens is 263 g/mol. The number of carboxylic acid groups (broad SMARTS) is 2. The molecule has 0 bridgehead atoms. The topological polar surface area (TPSA) is 110 Å². The third-order valence-electron chi connectivity index (χ3n) is 1.75. The van der Waals surface area contributed by atoms with E-state index < -0.39 is 25.2 Å². The van der Waals surface area contributed by atoms with Gasteiger partial charge in [-0.3, -0.25) is 14.2 Å². The van der Waals surface area contributed by atoms with Gasteiger partial charge in [0.1, 0.15) is 0 Å². The second-order valence-corrected chi connectivity index (χ2v) is 5.51. The minimum atomic E-state index is -3.47. The van der Waals surface area contributed by atoms with E-state index in [2.05, 4.69) is 0 Å². The summed E-state index contributed by atoms with van der Waals surface area (Å²) in [5.74, 6) is -1.92. The Balaban J connectivity index is 0. The molecule has 0 aliphatic carbocycles. The molecule has 0 fully saturated rings. The molecule has 7 nitrogen and oxygen atoms in total. The quantitative estimate of drug-likeness (QED) is 0.689. The van der Waals surface area contributed by atoms with E-state index in [0.29, 0.717) is 0 Å². The molecule has 108 valence electrons. The Kier molecular flexibility index (Phi) is 10.9. The van der Waals surface area contributed by atoms with E-state index in [0.717, 1.165) is 0 Å².